The molecule has 2 aromatic rings. The molecule has 0 saturated heterocycles. The number of carbonyl (C=O) groups excluding carboxylic acids is 1. The van der Waals surface area contributed by atoms with E-state index in [1.54, 1.807) is 22.6 Å². The van der Waals surface area contributed by atoms with Gasteiger partial charge in [-0.15, -0.1) is 0 Å². The molecule has 19 heavy (non-hydrogen) atoms. The van der Waals surface area contributed by atoms with Crippen LogP contribution in [-0.2, 0) is 6.54 Å². The van der Waals surface area contributed by atoms with Gasteiger partial charge in [-0.05, 0) is 40.8 Å². The summed E-state index contributed by atoms with van der Waals surface area (Å²) >= 11 is 1.78. The maximum absolute atomic E-state index is 13.4. The molecule has 0 atom stereocenters. The van der Waals surface area contributed by atoms with Crippen LogP contribution in [0.15, 0.2) is 35.5 Å². The first-order valence-electron chi connectivity index (χ1n) is 5.17. The summed E-state index contributed by atoms with van der Waals surface area (Å²) in [7, 11) is 0. The SMILES string of the molecule is O=C(Cn1cncc(I)c1=O)c1cc(F)ccc1F. The highest BCUT2D eigenvalue weighted by Crippen LogP contribution is 2.11. The maximum Gasteiger partial charge on any atom is 0.267 e. The van der Waals surface area contributed by atoms with Crippen molar-refractivity contribution in [3.8, 4) is 0 Å². The van der Waals surface area contributed by atoms with Crippen molar-refractivity contribution in [1.82, 2.24) is 9.55 Å². The number of aromatic nitrogens is 2. The van der Waals surface area contributed by atoms with E-state index in [4.69, 9.17) is 0 Å². The number of rotatable bonds is 3. The van der Waals surface area contributed by atoms with Crippen molar-refractivity contribution in [3.63, 3.8) is 0 Å². The van der Waals surface area contributed by atoms with Gasteiger partial charge in [0.05, 0.1) is 22.0 Å². The molecule has 2 rings (SSSR count). The zero-order valence-corrected chi connectivity index (χ0v) is 11.6. The van der Waals surface area contributed by atoms with Crippen LogP contribution < -0.4 is 5.56 Å². The van der Waals surface area contributed by atoms with Crippen molar-refractivity contribution >= 4 is 28.4 Å². The fraction of sp³-hybridized carbons (Fsp3) is 0.0833. The lowest BCUT2D eigenvalue weighted by Crippen LogP contribution is -2.26. The van der Waals surface area contributed by atoms with Crippen LogP contribution in [0.5, 0.6) is 0 Å². The van der Waals surface area contributed by atoms with E-state index in [-0.39, 0.29) is 12.1 Å². The van der Waals surface area contributed by atoms with Gasteiger partial charge in [0, 0.05) is 6.20 Å². The Morgan fingerprint density at radius 1 is 1.37 bits per heavy atom. The van der Waals surface area contributed by atoms with E-state index in [1.165, 1.54) is 12.5 Å². The zero-order valence-electron chi connectivity index (χ0n) is 9.44. The van der Waals surface area contributed by atoms with Crippen molar-refractivity contribution in [2.45, 2.75) is 6.54 Å². The molecule has 1 heterocycles. The summed E-state index contributed by atoms with van der Waals surface area (Å²) in [5, 5.41) is 0. The van der Waals surface area contributed by atoms with E-state index >= 15 is 0 Å². The second-order valence-electron chi connectivity index (χ2n) is 3.72. The van der Waals surface area contributed by atoms with E-state index in [2.05, 4.69) is 4.98 Å². The standard InChI is InChI=1S/C12H7F2IN2O2/c13-7-1-2-9(14)8(3-7)11(18)5-17-6-16-4-10(15)12(17)19/h1-4,6H,5H2. The average molecular weight is 376 g/mol. The minimum atomic E-state index is -0.821. The second kappa shape index (κ2) is 5.55. The van der Waals surface area contributed by atoms with Gasteiger partial charge in [0.25, 0.3) is 5.56 Å². The molecule has 0 N–H and O–H groups in total. The van der Waals surface area contributed by atoms with Crippen molar-refractivity contribution in [2.75, 3.05) is 0 Å². The molecule has 0 aliphatic carbocycles. The Bertz CT molecular complexity index is 700. The predicted octanol–water partition coefficient (Wildman–Crippen LogP) is 2.01. The van der Waals surface area contributed by atoms with Gasteiger partial charge in [-0.1, -0.05) is 0 Å². The quantitative estimate of drug-likeness (QED) is 0.609. The first kappa shape index (κ1) is 13.8. The molecule has 0 unspecified atom stereocenters. The minimum absolute atomic E-state index is 0.340. The fourth-order valence-electron chi connectivity index (χ4n) is 1.49. The molecule has 4 nitrogen and oxygen atoms in total. The van der Waals surface area contributed by atoms with E-state index < -0.39 is 23.0 Å². The molecule has 0 saturated carbocycles. The monoisotopic (exact) mass is 376 g/mol. The topological polar surface area (TPSA) is 52.0 Å². The van der Waals surface area contributed by atoms with Crippen molar-refractivity contribution in [2.24, 2.45) is 0 Å². The third-order valence-electron chi connectivity index (χ3n) is 2.40. The highest BCUT2D eigenvalue weighted by atomic mass is 127. The van der Waals surface area contributed by atoms with Gasteiger partial charge in [0.15, 0.2) is 5.78 Å². The van der Waals surface area contributed by atoms with Gasteiger partial charge < -0.3 is 0 Å². The summed E-state index contributed by atoms with van der Waals surface area (Å²) in [4.78, 5) is 27.3. The third kappa shape index (κ3) is 3.03. The summed E-state index contributed by atoms with van der Waals surface area (Å²) in [6.07, 6.45) is 2.53. The Labute approximate surface area is 120 Å². The predicted molar refractivity (Wildman–Crippen MR) is 71.9 cm³/mol. The summed E-state index contributed by atoms with van der Waals surface area (Å²) in [6.45, 7) is -0.386. The van der Waals surface area contributed by atoms with Gasteiger partial charge in [0.2, 0.25) is 0 Å². The summed E-state index contributed by atoms with van der Waals surface area (Å²) < 4.78 is 27.8. The van der Waals surface area contributed by atoms with Crippen molar-refractivity contribution in [3.05, 3.63) is 61.8 Å². The summed E-state index contributed by atoms with van der Waals surface area (Å²) in [6, 6.07) is 2.60. The number of nitrogens with zero attached hydrogens (tertiary/aromatic N) is 2. The molecular weight excluding hydrogens is 369 g/mol. The Kier molecular flexibility index (Phi) is 4.03. The van der Waals surface area contributed by atoms with Crippen molar-refractivity contribution < 1.29 is 13.6 Å². The maximum atomic E-state index is 13.4. The van der Waals surface area contributed by atoms with E-state index in [9.17, 15) is 18.4 Å². The van der Waals surface area contributed by atoms with E-state index in [0.717, 1.165) is 22.8 Å². The zero-order chi connectivity index (χ0) is 14.0. The lowest BCUT2D eigenvalue weighted by Gasteiger charge is -2.05. The molecule has 0 aliphatic heterocycles. The van der Waals surface area contributed by atoms with Gasteiger partial charge in [0.1, 0.15) is 11.6 Å². The van der Waals surface area contributed by atoms with Crippen LogP contribution in [-0.4, -0.2) is 15.3 Å². The Morgan fingerprint density at radius 2 is 2.11 bits per heavy atom. The molecular formula is C12H7F2IN2O2. The van der Waals surface area contributed by atoms with E-state index in [1.807, 2.05) is 0 Å². The van der Waals surface area contributed by atoms with Gasteiger partial charge in [-0.2, -0.15) is 0 Å². The molecule has 0 amide bonds. The Balaban J connectivity index is 2.33. The van der Waals surface area contributed by atoms with Crippen LogP contribution in [0.1, 0.15) is 10.4 Å². The molecule has 0 spiro atoms. The molecule has 0 bridgehead atoms. The average Bonchev–Trinajstić information content (AvgIpc) is 2.38. The van der Waals surface area contributed by atoms with Crippen LogP contribution >= 0.6 is 22.6 Å². The lowest BCUT2D eigenvalue weighted by molar-refractivity contribution is 0.0966. The van der Waals surface area contributed by atoms with Crippen LogP contribution in [0.25, 0.3) is 0 Å². The van der Waals surface area contributed by atoms with Gasteiger partial charge in [-0.25, -0.2) is 13.8 Å². The van der Waals surface area contributed by atoms with Crippen LogP contribution in [0.4, 0.5) is 8.78 Å². The molecule has 1 aromatic heterocycles. The summed E-state index contributed by atoms with van der Waals surface area (Å²) in [5.74, 6) is -2.22. The number of hydrogen-bond acceptors (Lipinski definition) is 3. The lowest BCUT2D eigenvalue weighted by atomic mass is 10.1. The van der Waals surface area contributed by atoms with Crippen LogP contribution in [0, 0.1) is 15.2 Å². The second-order valence-corrected chi connectivity index (χ2v) is 4.88. The molecule has 0 radical (unpaired) electrons. The fourth-order valence-corrected chi connectivity index (χ4v) is 1.96. The van der Waals surface area contributed by atoms with Gasteiger partial charge >= 0.3 is 0 Å². The smallest absolute Gasteiger partial charge is 0.267 e. The van der Waals surface area contributed by atoms with Crippen LogP contribution in [0.2, 0.25) is 0 Å². The van der Waals surface area contributed by atoms with Crippen LogP contribution in [0.3, 0.4) is 0 Å². The first-order valence-corrected chi connectivity index (χ1v) is 6.25. The number of hydrogen-bond donors (Lipinski definition) is 0. The number of Topliss-reactive ketones (excluding diaryl/α,β-unsaturated/α-hetero) is 1. The molecule has 7 heteroatoms. The molecule has 98 valence electrons. The van der Waals surface area contributed by atoms with Crippen molar-refractivity contribution in [1.29, 1.82) is 0 Å². The third-order valence-corrected chi connectivity index (χ3v) is 3.14. The Hall–Kier alpha value is -1.64. The highest BCUT2D eigenvalue weighted by molar-refractivity contribution is 14.1. The minimum Gasteiger partial charge on any atom is -0.292 e. The Morgan fingerprint density at radius 3 is 2.84 bits per heavy atom. The number of carbonyl (C=O) groups is 1. The number of halogens is 3. The number of benzene rings is 1. The first-order chi connectivity index (χ1) is 8.99. The largest absolute Gasteiger partial charge is 0.292 e. The molecule has 0 aliphatic rings. The normalized spacial score (nSPS) is 10.5. The highest BCUT2D eigenvalue weighted by Gasteiger charge is 2.14. The number of ketones is 1. The van der Waals surface area contributed by atoms with Gasteiger partial charge in [-0.3, -0.25) is 14.2 Å². The van der Waals surface area contributed by atoms with E-state index in [0.29, 0.717) is 3.57 Å². The molecule has 1 aromatic carbocycles. The summed E-state index contributed by atoms with van der Waals surface area (Å²) in [5.41, 5.74) is -0.786. The molecule has 0 fully saturated rings.